The molecule has 1 N–H and O–H groups in total. The number of nitrogens with one attached hydrogen (secondary N) is 1. The number of hydrogen-bond acceptors (Lipinski definition) is 2. The summed E-state index contributed by atoms with van der Waals surface area (Å²) in [6, 6.07) is 15.9. The van der Waals surface area contributed by atoms with E-state index < -0.39 is 6.10 Å². The summed E-state index contributed by atoms with van der Waals surface area (Å²) in [6.45, 7) is 2.49. The van der Waals surface area contributed by atoms with Crippen molar-refractivity contribution in [1.82, 2.24) is 5.32 Å². The number of amides is 1. The van der Waals surface area contributed by atoms with Crippen molar-refractivity contribution in [2.75, 3.05) is 6.54 Å². The lowest BCUT2D eigenvalue weighted by molar-refractivity contribution is -0.128. The van der Waals surface area contributed by atoms with Crippen molar-refractivity contribution in [1.29, 1.82) is 0 Å². The van der Waals surface area contributed by atoms with E-state index in [9.17, 15) is 9.18 Å². The van der Waals surface area contributed by atoms with Crippen LogP contribution in [-0.2, 0) is 11.2 Å². The Kier molecular flexibility index (Phi) is 6.60. The largest absolute Gasteiger partial charge is 0.481 e. The zero-order chi connectivity index (χ0) is 16.5. The maximum Gasteiger partial charge on any atom is 0.261 e. The molecule has 2 rings (SSSR count). The first-order valence-corrected chi connectivity index (χ1v) is 7.93. The molecule has 0 spiro atoms. The lowest BCUT2D eigenvalue weighted by Crippen LogP contribution is -2.38. The number of carbonyl (C=O) groups is 1. The number of ether oxygens (including phenoxy) is 1. The first-order chi connectivity index (χ1) is 11.2. The van der Waals surface area contributed by atoms with Crippen molar-refractivity contribution in [3.05, 3.63) is 66.0 Å². The summed E-state index contributed by atoms with van der Waals surface area (Å²) < 4.78 is 18.5. The third-order valence-corrected chi connectivity index (χ3v) is 3.54. The summed E-state index contributed by atoms with van der Waals surface area (Å²) in [5.74, 6) is 0.0401. The van der Waals surface area contributed by atoms with Crippen molar-refractivity contribution < 1.29 is 13.9 Å². The lowest BCUT2D eigenvalue weighted by Gasteiger charge is -2.17. The second-order valence-corrected chi connectivity index (χ2v) is 5.35. The van der Waals surface area contributed by atoms with Gasteiger partial charge in [-0.05, 0) is 49.1 Å². The maximum atomic E-state index is 12.9. The average Bonchev–Trinajstić information content (AvgIpc) is 2.59. The van der Waals surface area contributed by atoms with Crippen LogP contribution in [0.1, 0.15) is 25.3 Å². The third kappa shape index (κ3) is 5.74. The number of halogens is 1. The minimum atomic E-state index is -0.558. The highest BCUT2D eigenvalue weighted by Gasteiger charge is 2.17. The maximum absolute atomic E-state index is 12.9. The van der Waals surface area contributed by atoms with Gasteiger partial charge in [-0.3, -0.25) is 4.79 Å². The van der Waals surface area contributed by atoms with Crippen LogP contribution in [0.4, 0.5) is 4.39 Å². The van der Waals surface area contributed by atoms with E-state index in [4.69, 9.17) is 4.74 Å². The number of carbonyl (C=O) groups excluding carboxylic acids is 1. The predicted molar refractivity (Wildman–Crippen MR) is 88.9 cm³/mol. The number of benzene rings is 2. The molecule has 23 heavy (non-hydrogen) atoms. The molecule has 4 heteroatoms. The van der Waals surface area contributed by atoms with Gasteiger partial charge in [-0.15, -0.1) is 0 Å². The van der Waals surface area contributed by atoms with Gasteiger partial charge in [-0.1, -0.05) is 37.3 Å². The molecule has 122 valence electrons. The molecule has 0 saturated carbocycles. The van der Waals surface area contributed by atoms with Crippen molar-refractivity contribution in [3.63, 3.8) is 0 Å². The third-order valence-electron chi connectivity index (χ3n) is 3.54. The molecular weight excluding hydrogens is 293 g/mol. The van der Waals surface area contributed by atoms with Crippen LogP contribution >= 0.6 is 0 Å². The minimum absolute atomic E-state index is 0.134. The second kappa shape index (κ2) is 8.93. The van der Waals surface area contributed by atoms with Crippen molar-refractivity contribution in [2.45, 2.75) is 32.3 Å². The first-order valence-electron chi connectivity index (χ1n) is 7.93. The topological polar surface area (TPSA) is 38.3 Å². The fourth-order valence-electron chi connectivity index (χ4n) is 2.26. The van der Waals surface area contributed by atoms with Crippen LogP contribution in [0.5, 0.6) is 5.75 Å². The Morgan fingerprint density at radius 3 is 2.48 bits per heavy atom. The molecule has 0 radical (unpaired) electrons. The van der Waals surface area contributed by atoms with E-state index in [1.165, 1.54) is 29.8 Å². The van der Waals surface area contributed by atoms with E-state index in [0.29, 0.717) is 18.7 Å². The standard InChI is InChI=1S/C19H22FNO2/c1-2-18(23-17-12-10-16(20)11-13-17)19(22)21-14-6-9-15-7-4-3-5-8-15/h3-5,7-8,10-13,18H,2,6,9,14H2,1H3,(H,21,22)/t18-/m1/s1. The van der Waals surface area contributed by atoms with Crippen LogP contribution in [0, 0.1) is 5.82 Å². The molecule has 2 aromatic rings. The van der Waals surface area contributed by atoms with Gasteiger partial charge >= 0.3 is 0 Å². The summed E-state index contributed by atoms with van der Waals surface area (Å²) in [5.41, 5.74) is 1.26. The van der Waals surface area contributed by atoms with Crippen LogP contribution in [0.15, 0.2) is 54.6 Å². The zero-order valence-corrected chi connectivity index (χ0v) is 13.3. The van der Waals surface area contributed by atoms with Gasteiger partial charge in [0, 0.05) is 6.54 Å². The SMILES string of the molecule is CC[C@@H](Oc1ccc(F)cc1)C(=O)NCCCc1ccccc1. The van der Waals surface area contributed by atoms with Crippen LogP contribution in [0.25, 0.3) is 0 Å². The first kappa shape index (κ1) is 17.0. The number of hydrogen-bond donors (Lipinski definition) is 1. The molecule has 0 fully saturated rings. The van der Waals surface area contributed by atoms with E-state index in [2.05, 4.69) is 17.4 Å². The number of rotatable bonds is 8. The normalized spacial score (nSPS) is 11.7. The Morgan fingerprint density at radius 2 is 1.83 bits per heavy atom. The Hall–Kier alpha value is -2.36. The summed E-state index contributed by atoms with van der Waals surface area (Å²) in [4.78, 5) is 12.1. The van der Waals surface area contributed by atoms with E-state index in [0.717, 1.165) is 12.8 Å². The summed E-state index contributed by atoms with van der Waals surface area (Å²) in [7, 11) is 0. The Labute approximate surface area is 136 Å². The Balaban J connectivity index is 1.75. The van der Waals surface area contributed by atoms with Crippen molar-refractivity contribution >= 4 is 5.91 Å². The van der Waals surface area contributed by atoms with Crippen molar-refractivity contribution in [3.8, 4) is 5.75 Å². The van der Waals surface area contributed by atoms with Crippen LogP contribution in [0.2, 0.25) is 0 Å². The molecule has 1 amide bonds. The van der Waals surface area contributed by atoms with E-state index in [1.807, 2.05) is 25.1 Å². The Bertz CT molecular complexity index is 599. The van der Waals surface area contributed by atoms with E-state index in [1.54, 1.807) is 0 Å². The monoisotopic (exact) mass is 315 g/mol. The van der Waals surface area contributed by atoms with Crippen LogP contribution < -0.4 is 10.1 Å². The van der Waals surface area contributed by atoms with E-state index >= 15 is 0 Å². The lowest BCUT2D eigenvalue weighted by atomic mass is 10.1. The van der Waals surface area contributed by atoms with Gasteiger partial charge in [-0.2, -0.15) is 0 Å². The quantitative estimate of drug-likeness (QED) is 0.754. The molecule has 3 nitrogen and oxygen atoms in total. The molecule has 0 unspecified atom stereocenters. The van der Waals surface area contributed by atoms with Gasteiger partial charge in [0.2, 0.25) is 0 Å². The molecule has 2 aromatic carbocycles. The highest BCUT2D eigenvalue weighted by molar-refractivity contribution is 5.81. The molecular formula is C19H22FNO2. The van der Waals surface area contributed by atoms with Crippen molar-refractivity contribution in [2.24, 2.45) is 0 Å². The molecule has 0 aromatic heterocycles. The zero-order valence-electron chi connectivity index (χ0n) is 13.3. The molecule has 1 atom stereocenters. The molecule has 0 aliphatic rings. The van der Waals surface area contributed by atoms with Gasteiger partial charge in [0.05, 0.1) is 0 Å². The fourth-order valence-corrected chi connectivity index (χ4v) is 2.26. The summed E-state index contributed by atoms with van der Waals surface area (Å²) in [6.07, 6.45) is 1.80. The highest BCUT2D eigenvalue weighted by atomic mass is 19.1. The van der Waals surface area contributed by atoms with Gasteiger partial charge in [0.15, 0.2) is 6.10 Å². The van der Waals surface area contributed by atoms with Gasteiger partial charge in [0.1, 0.15) is 11.6 Å². The summed E-state index contributed by atoms with van der Waals surface area (Å²) in [5, 5.41) is 2.90. The molecule has 0 bridgehead atoms. The fraction of sp³-hybridized carbons (Fsp3) is 0.316. The van der Waals surface area contributed by atoms with Gasteiger partial charge in [-0.25, -0.2) is 4.39 Å². The molecule has 0 aliphatic carbocycles. The smallest absolute Gasteiger partial charge is 0.261 e. The predicted octanol–water partition coefficient (Wildman–Crippen LogP) is 3.73. The summed E-state index contributed by atoms with van der Waals surface area (Å²) >= 11 is 0. The highest BCUT2D eigenvalue weighted by Crippen LogP contribution is 2.14. The van der Waals surface area contributed by atoms with E-state index in [-0.39, 0.29) is 11.7 Å². The second-order valence-electron chi connectivity index (χ2n) is 5.35. The molecule has 0 aliphatic heterocycles. The minimum Gasteiger partial charge on any atom is -0.481 e. The van der Waals surface area contributed by atoms with Crippen LogP contribution in [0.3, 0.4) is 0 Å². The molecule has 0 saturated heterocycles. The Morgan fingerprint density at radius 1 is 1.13 bits per heavy atom. The van der Waals surface area contributed by atoms with Crippen LogP contribution in [-0.4, -0.2) is 18.6 Å². The average molecular weight is 315 g/mol. The van der Waals surface area contributed by atoms with Gasteiger partial charge < -0.3 is 10.1 Å². The van der Waals surface area contributed by atoms with Gasteiger partial charge in [0.25, 0.3) is 5.91 Å². The number of aryl methyl sites for hydroxylation is 1. The molecule has 0 heterocycles.